The highest BCUT2D eigenvalue weighted by Crippen LogP contribution is 2.28. The summed E-state index contributed by atoms with van der Waals surface area (Å²) < 4.78 is 10.9. The molecule has 3 rings (SSSR count). The molecular weight excluding hydrogens is 312 g/mol. The molecule has 0 spiro atoms. The zero-order valence-electron chi connectivity index (χ0n) is 14.1. The predicted octanol–water partition coefficient (Wildman–Crippen LogP) is 5.15. The summed E-state index contributed by atoms with van der Waals surface area (Å²) in [5.74, 6) is 1.44. The van der Waals surface area contributed by atoms with Gasteiger partial charge in [-0.1, -0.05) is 60.7 Å². The molecule has 3 aromatic carbocycles. The molecule has 0 radical (unpaired) electrons. The number of aromatic hydroxyl groups is 1. The molecule has 0 aliphatic heterocycles. The zero-order valence-corrected chi connectivity index (χ0v) is 14.1. The molecule has 126 valence electrons. The Balaban J connectivity index is 1.70. The van der Waals surface area contributed by atoms with Gasteiger partial charge in [0, 0.05) is 0 Å². The molecule has 0 aromatic heterocycles. The van der Waals surface area contributed by atoms with Crippen LogP contribution in [0.1, 0.15) is 16.7 Å². The van der Waals surface area contributed by atoms with Crippen LogP contribution in [0.15, 0.2) is 72.8 Å². The van der Waals surface area contributed by atoms with Gasteiger partial charge in [0.15, 0.2) is 11.5 Å². The van der Waals surface area contributed by atoms with Crippen LogP contribution in [0.2, 0.25) is 0 Å². The summed E-state index contributed by atoms with van der Waals surface area (Å²) in [5.41, 5.74) is 3.08. The summed E-state index contributed by atoms with van der Waals surface area (Å²) in [5, 5.41) is 9.99. The summed E-state index contributed by atoms with van der Waals surface area (Å²) in [4.78, 5) is 0. The number of methoxy groups -OCH3 is 1. The number of hydrogen-bond donors (Lipinski definition) is 1. The van der Waals surface area contributed by atoms with E-state index in [1.807, 2.05) is 78.9 Å². The molecule has 0 fully saturated rings. The fraction of sp³-hybridized carbons (Fsp3) is 0.0909. The summed E-state index contributed by atoms with van der Waals surface area (Å²) in [6.45, 7) is 0.417. The largest absolute Gasteiger partial charge is 0.504 e. The highest BCUT2D eigenvalue weighted by Gasteiger charge is 2.03. The Morgan fingerprint density at radius 3 is 2.24 bits per heavy atom. The van der Waals surface area contributed by atoms with Crippen LogP contribution in [0, 0.1) is 0 Å². The Labute approximate surface area is 147 Å². The Morgan fingerprint density at radius 1 is 0.840 bits per heavy atom. The quantitative estimate of drug-likeness (QED) is 0.634. The molecule has 1 N–H and O–H groups in total. The molecule has 0 unspecified atom stereocenters. The second-order valence-corrected chi connectivity index (χ2v) is 5.61. The van der Waals surface area contributed by atoms with E-state index in [1.165, 1.54) is 0 Å². The number of rotatable bonds is 6. The molecule has 0 atom stereocenters. The number of phenols is 1. The maximum Gasteiger partial charge on any atom is 0.162 e. The van der Waals surface area contributed by atoms with E-state index in [-0.39, 0.29) is 5.75 Å². The fourth-order valence-corrected chi connectivity index (χ4v) is 2.39. The van der Waals surface area contributed by atoms with E-state index in [4.69, 9.17) is 9.47 Å². The lowest BCUT2D eigenvalue weighted by atomic mass is 10.1. The number of ether oxygens (including phenoxy) is 2. The van der Waals surface area contributed by atoms with Crippen molar-refractivity contribution in [2.24, 2.45) is 0 Å². The molecule has 0 heterocycles. The van der Waals surface area contributed by atoms with Gasteiger partial charge in [-0.3, -0.25) is 0 Å². The minimum atomic E-state index is 0.137. The second kappa shape index (κ2) is 8.06. The average Bonchev–Trinajstić information content (AvgIpc) is 2.67. The van der Waals surface area contributed by atoms with E-state index in [0.29, 0.717) is 12.4 Å². The summed E-state index contributed by atoms with van der Waals surface area (Å²) >= 11 is 0. The highest BCUT2D eigenvalue weighted by molar-refractivity contribution is 5.71. The van der Waals surface area contributed by atoms with Crippen LogP contribution >= 0.6 is 0 Å². The topological polar surface area (TPSA) is 38.7 Å². The maximum absolute atomic E-state index is 9.99. The Hall–Kier alpha value is -3.20. The summed E-state index contributed by atoms with van der Waals surface area (Å²) in [6.07, 6.45) is 3.99. The van der Waals surface area contributed by atoms with Crippen molar-refractivity contribution in [3.8, 4) is 17.2 Å². The van der Waals surface area contributed by atoms with Gasteiger partial charge in [-0.05, 0) is 41.0 Å². The maximum atomic E-state index is 9.99. The lowest BCUT2D eigenvalue weighted by Gasteiger charge is -2.09. The van der Waals surface area contributed by atoms with Crippen molar-refractivity contribution in [2.75, 3.05) is 7.11 Å². The van der Waals surface area contributed by atoms with E-state index in [2.05, 4.69) is 0 Å². The first-order valence-electron chi connectivity index (χ1n) is 8.06. The van der Waals surface area contributed by atoms with E-state index < -0.39 is 0 Å². The van der Waals surface area contributed by atoms with Crippen molar-refractivity contribution in [3.63, 3.8) is 0 Å². The Morgan fingerprint density at radius 2 is 1.52 bits per heavy atom. The number of phenolic OH excluding ortho intramolecular Hbond substituents is 1. The van der Waals surface area contributed by atoms with Gasteiger partial charge in [-0.2, -0.15) is 0 Å². The monoisotopic (exact) mass is 332 g/mol. The Bertz CT molecular complexity index is 837. The SMILES string of the molecule is COc1ccc(/C=C/c2ccc(O)c(OCc3ccccc3)c2)cc1. The molecule has 0 aliphatic rings. The first-order chi connectivity index (χ1) is 12.2. The summed E-state index contributed by atoms with van der Waals surface area (Å²) in [6, 6.07) is 23.0. The van der Waals surface area contributed by atoms with Gasteiger partial charge in [0.2, 0.25) is 0 Å². The van der Waals surface area contributed by atoms with E-state index >= 15 is 0 Å². The van der Waals surface area contributed by atoms with Crippen molar-refractivity contribution in [1.82, 2.24) is 0 Å². The van der Waals surface area contributed by atoms with Gasteiger partial charge in [0.05, 0.1) is 7.11 Å². The first kappa shape index (κ1) is 16.7. The first-order valence-corrected chi connectivity index (χ1v) is 8.06. The van der Waals surface area contributed by atoms with Gasteiger partial charge < -0.3 is 14.6 Å². The summed E-state index contributed by atoms with van der Waals surface area (Å²) in [7, 11) is 1.65. The molecule has 0 saturated carbocycles. The van der Waals surface area contributed by atoms with Crippen LogP contribution < -0.4 is 9.47 Å². The van der Waals surface area contributed by atoms with E-state index in [0.717, 1.165) is 22.4 Å². The lowest BCUT2D eigenvalue weighted by Crippen LogP contribution is -1.95. The molecule has 25 heavy (non-hydrogen) atoms. The van der Waals surface area contributed by atoms with Crippen LogP contribution in [0.25, 0.3) is 12.2 Å². The average molecular weight is 332 g/mol. The molecule has 0 aliphatic carbocycles. The van der Waals surface area contributed by atoms with Gasteiger partial charge in [-0.15, -0.1) is 0 Å². The predicted molar refractivity (Wildman–Crippen MR) is 101 cm³/mol. The fourth-order valence-electron chi connectivity index (χ4n) is 2.39. The molecule has 3 aromatic rings. The van der Waals surface area contributed by atoms with Crippen molar-refractivity contribution >= 4 is 12.2 Å². The van der Waals surface area contributed by atoms with Crippen LogP contribution in [0.3, 0.4) is 0 Å². The van der Waals surface area contributed by atoms with Crippen molar-refractivity contribution in [1.29, 1.82) is 0 Å². The van der Waals surface area contributed by atoms with Crippen LogP contribution in [0.5, 0.6) is 17.2 Å². The van der Waals surface area contributed by atoms with Crippen LogP contribution in [-0.2, 0) is 6.61 Å². The second-order valence-electron chi connectivity index (χ2n) is 5.61. The molecular formula is C22H20O3. The van der Waals surface area contributed by atoms with E-state index in [1.54, 1.807) is 13.2 Å². The number of benzene rings is 3. The van der Waals surface area contributed by atoms with Gasteiger partial charge in [0.25, 0.3) is 0 Å². The molecule has 0 saturated heterocycles. The molecule has 3 heteroatoms. The normalized spacial score (nSPS) is 10.8. The minimum Gasteiger partial charge on any atom is -0.504 e. The third-order valence-electron chi connectivity index (χ3n) is 3.81. The van der Waals surface area contributed by atoms with E-state index in [9.17, 15) is 5.11 Å². The standard InChI is InChI=1S/C22H20O3/c1-24-20-12-9-17(10-13-20)7-8-18-11-14-21(23)22(15-18)25-16-19-5-3-2-4-6-19/h2-15,23H,16H2,1H3/b8-7+. The van der Waals surface area contributed by atoms with Crippen molar-refractivity contribution in [2.45, 2.75) is 6.61 Å². The zero-order chi connectivity index (χ0) is 17.5. The van der Waals surface area contributed by atoms with Crippen molar-refractivity contribution in [3.05, 3.63) is 89.5 Å². The van der Waals surface area contributed by atoms with Gasteiger partial charge in [0.1, 0.15) is 12.4 Å². The van der Waals surface area contributed by atoms with Gasteiger partial charge in [-0.25, -0.2) is 0 Å². The van der Waals surface area contributed by atoms with Crippen molar-refractivity contribution < 1.29 is 14.6 Å². The number of hydrogen-bond acceptors (Lipinski definition) is 3. The van der Waals surface area contributed by atoms with Crippen LogP contribution in [-0.4, -0.2) is 12.2 Å². The Kier molecular flexibility index (Phi) is 5.37. The van der Waals surface area contributed by atoms with Crippen LogP contribution in [0.4, 0.5) is 0 Å². The van der Waals surface area contributed by atoms with Gasteiger partial charge >= 0.3 is 0 Å². The molecule has 0 bridgehead atoms. The third kappa shape index (κ3) is 4.64. The molecule has 0 amide bonds. The minimum absolute atomic E-state index is 0.137. The third-order valence-corrected chi connectivity index (χ3v) is 3.81. The molecule has 3 nitrogen and oxygen atoms in total. The smallest absolute Gasteiger partial charge is 0.162 e. The highest BCUT2D eigenvalue weighted by atomic mass is 16.5. The lowest BCUT2D eigenvalue weighted by molar-refractivity contribution is 0.289.